The zero-order valence-corrected chi connectivity index (χ0v) is 8.59. The van der Waals surface area contributed by atoms with Gasteiger partial charge in [-0.15, -0.1) is 0 Å². The molecule has 1 aliphatic rings. The fourth-order valence-electron chi connectivity index (χ4n) is 1.67. The largest absolute Gasteiger partial charge is 0.374 e. The van der Waals surface area contributed by atoms with E-state index in [0.29, 0.717) is 18.8 Å². The first-order valence-electron chi connectivity index (χ1n) is 5.26. The Morgan fingerprint density at radius 2 is 2.31 bits per heavy atom. The molecule has 0 amide bonds. The molecule has 0 bridgehead atoms. The number of nitrogens with two attached hydrogens (primary N) is 1. The summed E-state index contributed by atoms with van der Waals surface area (Å²) in [5.41, 5.74) is 7.04. The molecule has 1 aliphatic carbocycles. The van der Waals surface area contributed by atoms with Crippen molar-refractivity contribution < 1.29 is 4.74 Å². The summed E-state index contributed by atoms with van der Waals surface area (Å²) >= 11 is 0. The maximum Gasteiger partial charge on any atom is 0.0677 e. The molecule has 2 nitrogen and oxygen atoms in total. The fraction of sp³-hybridized carbons (Fsp3) is 0.818. The summed E-state index contributed by atoms with van der Waals surface area (Å²) in [6, 6.07) is 0.355. The molecule has 0 aromatic carbocycles. The minimum atomic E-state index is 0.355. The zero-order chi connectivity index (χ0) is 9.68. The Kier molecular flexibility index (Phi) is 4.46. The Morgan fingerprint density at radius 3 is 2.92 bits per heavy atom. The maximum atomic E-state index is 5.86. The molecular formula is C11H21NO. The first-order chi connectivity index (χ1) is 6.22. The monoisotopic (exact) mass is 183 g/mol. The van der Waals surface area contributed by atoms with Crippen molar-refractivity contribution in [3.8, 4) is 0 Å². The lowest BCUT2D eigenvalue weighted by molar-refractivity contribution is 0.0366. The van der Waals surface area contributed by atoms with Crippen LogP contribution in [0.4, 0.5) is 0 Å². The van der Waals surface area contributed by atoms with Crippen molar-refractivity contribution in [1.82, 2.24) is 0 Å². The van der Waals surface area contributed by atoms with Gasteiger partial charge in [-0.2, -0.15) is 0 Å². The number of rotatable bonds is 4. The van der Waals surface area contributed by atoms with E-state index >= 15 is 0 Å². The molecule has 0 aromatic rings. The summed E-state index contributed by atoms with van der Waals surface area (Å²) in [6.45, 7) is 6.75. The Bertz CT molecular complexity index is 167. The van der Waals surface area contributed by atoms with Crippen molar-refractivity contribution in [2.75, 3.05) is 6.61 Å². The third-order valence-corrected chi connectivity index (χ3v) is 2.69. The van der Waals surface area contributed by atoms with Crippen LogP contribution < -0.4 is 5.73 Å². The van der Waals surface area contributed by atoms with Crippen LogP contribution in [0.15, 0.2) is 12.2 Å². The van der Waals surface area contributed by atoms with E-state index in [1.807, 2.05) is 0 Å². The molecule has 76 valence electrons. The lowest BCUT2D eigenvalue weighted by Crippen LogP contribution is -2.32. The van der Waals surface area contributed by atoms with Gasteiger partial charge in [-0.25, -0.2) is 0 Å². The maximum absolute atomic E-state index is 5.86. The summed E-state index contributed by atoms with van der Waals surface area (Å²) in [6.07, 6.45) is 5.96. The third-order valence-electron chi connectivity index (χ3n) is 2.69. The van der Waals surface area contributed by atoms with Gasteiger partial charge in [0.2, 0.25) is 0 Å². The minimum Gasteiger partial charge on any atom is -0.374 e. The first kappa shape index (κ1) is 10.7. The quantitative estimate of drug-likeness (QED) is 0.678. The van der Waals surface area contributed by atoms with Crippen LogP contribution in [0.3, 0.4) is 0 Å². The van der Waals surface area contributed by atoms with Crippen LogP contribution in [-0.2, 0) is 4.74 Å². The lowest BCUT2D eigenvalue weighted by Gasteiger charge is -2.26. The second-order valence-corrected chi connectivity index (χ2v) is 3.96. The van der Waals surface area contributed by atoms with Crippen LogP contribution >= 0.6 is 0 Å². The highest BCUT2D eigenvalue weighted by Crippen LogP contribution is 2.20. The van der Waals surface area contributed by atoms with Crippen LogP contribution in [0.5, 0.6) is 0 Å². The second kappa shape index (κ2) is 5.40. The minimum absolute atomic E-state index is 0.355. The topological polar surface area (TPSA) is 35.2 Å². The fourth-order valence-corrected chi connectivity index (χ4v) is 1.67. The number of hydrogen-bond acceptors (Lipinski definition) is 2. The van der Waals surface area contributed by atoms with Crippen LogP contribution in [-0.4, -0.2) is 18.8 Å². The molecule has 1 fully saturated rings. The van der Waals surface area contributed by atoms with E-state index in [4.69, 9.17) is 10.5 Å². The van der Waals surface area contributed by atoms with E-state index in [-0.39, 0.29) is 0 Å². The van der Waals surface area contributed by atoms with Crippen LogP contribution in [0.2, 0.25) is 0 Å². The van der Waals surface area contributed by atoms with E-state index in [1.165, 1.54) is 18.4 Å². The van der Waals surface area contributed by atoms with Gasteiger partial charge < -0.3 is 10.5 Å². The standard InChI is InChI=1S/C11H21NO/c1-3-9(2)8-13-11-6-4-5-10(12)7-11/h10-11H,2-8,12H2,1H3. The van der Waals surface area contributed by atoms with Gasteiger partial charge >= 0.3 is 0 Å². The Labute approximate surface area is 81.1 Å². The highest BCUT2D eigenvalue weighted by molar-refractivity contribution is 4.92. The van der Waals surface area contributed by atoms with Crippen LogP contribution in [0, 0.1) is 0 Å². The Morgan fingerprint density at radius 1 is 1.54 bits per heavy atom. The summed E-state index contributed by atoms with van der Waals surface area (Å²) in [7, 11) is 0. The van der Waals surface area contributed by atoms with Crippen molar-refractivity contribution in [3.63, 3.8) is 0 Å². The molecule has 2 unspecified atom stereocenters. The van der Waals surface area contributed by atoms with E-state index in [0.717, 1.165) is 19.3 Å². The number of hydrogen-bond donors (Lipinski definition) is 1. The van der Waals surface area contributed by atoms with Crippen LogP contribution in [0.25, 0.3) is 0 Å². The van der Waals surface area contributed by atoms with Gasteiger partial charge in [-0.1, -0.05) is 19.1 Å². The lowest BCUT2D eigenvalue weighted by atomic mass is 9.93. The van der Waals surface area contributed by atoms with Gasteiger partial charge in [0, 0.05) is 6.04 Å². The molecule has 2 atom stereocenters. The molecule has 1 rings (SSSR count). The van der Waals surface area contributed by atoms with Crippen molar-refractivity contribution >= 4 is 0 Å². The summed E-state index contributed by atoms with van der Waals surface area (Å²) < 4.78 is 5.73. The van der Waals surface area contributed by atoms with Gasteiger partial charge in [-0.05, 0) is 32.1 Å². The molecule has 0 aliphatic heterocycles. The average molecular weight is 183 g/mol. The van der Waals surface area contributed by atoms with E-state index < -0.39 is 0 Å². The highest BCUT2D eigenvalue weighted by Gasteiger charge is 2.19. The molecule has 2 N–H and O–H groups in total. The molecule has 2 heteroatoms. The molecule has 0 aromatic heterocycles. The van der Waals surface area contributed by atoms with Gasteiger partial charge in [0.05, 0.1) is 12.7 Å². The van der Waals surface area contributed by atoms with Crippen molar-refractivity contribution in [2.45, 2.75) is 51.2 Å². The van der Waals surface area contributed by atoms with Gasteiger partial charge in [0.15, 0.2) is 0 Å². The zero-order valence-electron chi connectivity index (χ0n) is 8.59. The third kappa shape index (κ3) is 3.92. The molecule has 0 spiro atoms. The predicted octanol–water partition coefficient (Wildman–Crippen LogP) is 2.24. The molecule has 1 saturated carbocycles. The van der Waals surface area contributed by atoms with E-state index in [2.05, 4.69) is 13.5 Å². The van der Waals surface area contributed by atoms with E-state index in [1.54, 1.807) is 0 Å². The molecular weight excluding hydrogens is 162 g/mol. The Hall–Kier alpha value is -0.340. The molecule has 0 radical (unpaired) electrons. The normalized spacial score (nSPS) is 28.8. The second-order valence-electron chi connectivity index (χ2n) is 3.96. The molecule has 13 heavy (non-hydrogen) atoms. The summed E-state index contributed by atoms with van der Waals surface area (Å²) in [5.74, 6) is 0. The number of ether oxygens (including phenoxy) is 1. The SMILES string of the molecule is C=C(CC)COC1CCCC(N)C1. The van der Waals surface area contributed by atoms with Gasteiger partial charge in [0.25, 0.3) is 0 Å². The molecule has 0 heterocycles. The summed E-state index contributed by atoms with van der Waals surface area (Å²) in [5, 5.41) is 0. The molecule has 0 saturated heterocycles. The highest BCUT2D eigenvalue weighted by atomic mass is 16.5. The van der Waals surface area contributed by atoms with Gasteiger partial charge in [-0.3, -0.25) is 0 Å². The first-order valence-corrected chi connectivity index (χ1v) is 5.26. The summed E-state index contributed by atoms with van der Waals surface area (Å²) in [4.78, 5) is 0. The average Bonchev–Trinajstić information content (AvgIpc) is 2.14. The Balaban J connectivity index is 2.17. The smallest absolute Gasteiger partial charge is 0.0677 e. The van der Waals surface area contributed by atoms with Crippen molar-refractivity contribution in [3.05, 3.63) is 12.2 Å². The van der Waals surface area contributed by atoms with Crippen LogP contribution in [0.1, 0.15) is 39.0 Å². The van der Waals surface area contributed by atoms with Crippen molar-refractivity contribution in [1.29, 1.82) is 0 Å². The van der Waals surface area contributed by atoms with E-state index in [9.17, 15) is 0 Å². The van der Waals surface area contributed by atoms with Gasteiger partial charge in [0.1, 0.15) is 0 Å². The van der Waals surface area contributed by atoms with Crippen molar-refractivity contribution in [2.24, 2.45) is 5.73 Å². The predicted molar refractivity (Wildman–Crippen MR) is 55.6 cm³/mol.